The van der Waals surface area contributed by atoms with Crippen molar-refractivity contribution in [1.29, 1.82) is 0 Å². The zero-order valence-electron chi connectivity index (χ0n) is 12.8. The smallest absolute Gasteiger partial charge is 0.0617 e. The highest BCUT2D eigenvalue weighted by Crippen LogP contribution is 2.29. The molecule has 0 aliphatic carbocycles. The molecule has 3 heteroatoms. The molecule has 0 radical (unpaired) electrons. The van der Waals surface area contributed by atoms with Gasteiger partial charge in [-0.3, -0.25) is 9.88 Å². The van der Waals surface area contributed by atoms with Gasteiger partial charge in [-0.25, -0.2) is 0 Å². The van der Waals surface area contributed by atoms with Gasteiger partial charge in [-0.2, -0.15) is 0 Å². The fraction of sp³-hybridized carbons (Fsp3) is 0.389. The lowest BCUT2D eigenvalue weighted by molar-refractivity contribution is 0.198. The van der Waals surface area contributed by atoms with Crippen molar-refractivity contribution in [3.8, 4) is 0 Å². The van der Waals surface area contributed by atoms with Crippen molar-refractivity contribution in [2.24, 2.45) is 0 Å². The van der Waals surface area contributed by atoms with Crippen LogP contribution in [0.25, 0.3) is 0 Å². The molecule has 110 valence electrons. The summed E-state index contributed by atoms with van der Waals surface area (Å²) in [5.74, 6) is 0. The summed E-state index contributed by atoms with van der Waals surface area (Å²) in [6.07, 6.45) is 3.85. The molecular weight excluding hydrogens is 258 g/mol. The molecule has 0 spiro atoms. The second kappa shape index (κ2) is 6.37. The van der Waals surface area contributed by atoms with Crippen molar-refractivity contribution in [3.05, 3.63) is 65.0 Å². The molecule has 1 aromatic heterocycles. The van der Waals surface area contributed by atoms with Gasteiger partial charge in [-0.1, -0.05) is 24.3 Å². The molecule has 3 nitrogen and oxygen atoms in total. The fourth-order valence-corrected chi connectivity index (χ4v) is 3.03. The van der Waals surface area contributed by atoms with E-state index in [2.05, 4.69) is 53.3 Å². The third kappa shape index (κ3) is 3.14. The SMILES string of the molecule is Cc1ccc(C(c2cccnc2)N2CCNCC2)cc1C. The van der Waals surface area contributed by atoms with E-state index in [0.29, 0.717) is 6.04 Å². The minimum atomic E-state index is 0.306. The molecule has 2 heterocycles. The van der Waals surface area contributed by atoms with Crippen LogP contribution >= 0.6 is 0 Å². The molecule has 1 aromatic carbocycles. The normalized spacial score (nSPS) is 17.6. The molecule has 21 heavy (non-hydrogen) atoms. The van der Waals surface area contributed by atoms with E-state index in [4.69, 9.17) is 0 Å². The van der Waals surface area contributed by atoms with Crippen LogP contribution in [0.5, 0.6) is 0 Å². The lowest BCUT2D eigenvalue weighted by atomic mass is 9.95. The minimum absolute atomic E-state index is 0.306. The van der Waals surface area contributed by atoms with Crippen molar-refractivity contribution >= 4 is 0 Å². The Morgan fingerprint density at radius 3 is 2.52 bits per heavy atom. The number of nitrogens with one attached hydrogen (secondary N) is 1. The van der Waals surface area contributed by atoms with E-state index in [9.17, 15) is 0 Å². The number of rotatable bonds is 3. The highest BCUT2D eigenvalue weighted by Gasteiger charge is 2.24. The van der Waals surface area contributed by atoms with Crippen molar-refractivity contribution in [3.63, 3.8) is 0 Å². The van der Waals surface area contributed by atoms with Crippen LogP contribution in [-0.2, 0) is 0 Å². The Hall–Kier alpha value is -1.71. The van der Waals surface area contributed by atoms with Gasteiger partial charge in [0.1, 0.15) is 0 Å². The Bertz CT molecular complexity index is 589. The lowest BCUT2D eigenvalue weighted by Crippen LogP contribution is -2.45. The Labute approximate surface area is 127 Å². The van der Waals surface area contributed by atoms with Gasteiger partial charge in [0.25, 0.3) is 0 Å². The van der Waals surface area contributed by atoms with Crippen LogP contribution in [0.1, 0.15) is 28.3 Å². The summed E-state index contributed by atoms with van der Waals surface area (Å²) < 4.78 is 0. The molecule has 1 saturated heterocycles. The number of benzene rings is 1. The Kier molecular flexibility index (Phi) is 4.32. The summed E-state index contributed by atoms with van der Waals surface area (Å²) in [5.41, 5.74) is 5.36. The second-order valence-electron chi connectivity index (χ2n) is 5.82. The molecule has 1 atom stereocenters. The molecule has 1 aliphatic rings. The van der Waals surface area contributed by atoms with Crippen LogP contribution in [0, 0.1) is 13.8 Å². The molecule has 3 rings (SSSR count). The first-order valence-electron chi connectivity index (χ1n) is 7.67. The minimum Gasteiger partial charge on any atom is -0.314 e. The maximum absolute atomic E-state index is 4.32. The molecule has 0 amide bonds. The number of aromatic nitrogens is 1. The predicted molar refractivity (Wildman–Crippen MR) is 86.4 cm³/mol. The van der Waals surface area contributed by atoms with E-state index >= 15 is 0 Å². The van der Waals surface area contributed by atoms with Crippen LogP contribution in [0.4, 0.5) is 0 Å². The van der Waals surface area contributed by atoms with Gasteiger partial charge in [0.15, 0.2) is 0 Å². The van der Waals surface area contributed by atoms with E-state index < -0.39 is 0 Å². The lowest BCUT2D eigenvalue weighted by Gasteiger charge is -2.35. The van der Waals surface area contributed by atoms with Crippen LogP contribution in [-0.4, -0.2) is 36.1 Å². The van der Waals surface area contributed by atoms with Gasteiger partial charge in [-0.05, 0) is 42.2 Å². The van der Waals surface area contributed by atoms with Crippen molar-refractivity contribution in [2.45, 2.75) is 19.9 Å². The van der Waals surface area contributed by atoms with Crippen LogP contribution < -0.4 is 5.32 Å². The van der Waals surface area contributed by atoms with Crippen LogP contribution in [0.3, 0.4) is 0 Å². The fourth-order valence-electron chi connectivity index (χ4n) is 3.03. The molecule has 1 fully saturated rings. The number of hydrogen-bond acceptors (Lipinski definition) is 3. The summed E-state index contributed by atoms with van der Waals surface area (Å²) in [6, 6.07) is 11.4. The number of nitrogens with zero attached hydrogens (tertiary/aromatic N) is 2. The zero-order valence-corrected chi connectivity index (χ0v) is 12.8. The first kappa shape index (κ1) is 14.2. The molecular formula is C18H23N3. The Morgan fingerprint density at radius 1 is 1.05 bits per heavy atom. The highest BCUT2D eigenvalue weighted by molar-refractivity contribution is 5.36. The average Bonchev–Trinajstić information content (AvgIpc) is 2.53. The van der Waals surface area contributed by atoms with Crippen molar-refractivity contribution < 1.29 is 0 Å². The zero-order chi connectivity index (χ0) is 14.7. The topological polar surface area (TPSA) is 28.2 Å². The van der Waals surface area contributed by atoms with Crippen molar-refractivity contribution in [1.82, 2.24) is 15.2 Å². The van der Waals surface area contributed by atoms with Crippen LogP contribution in [0.15, 0.2) is 42.7 Å². The molecule has 1 N–H and O–H groups in total. The van der Waals surface area contributed by atoms with Crippen molar-refractivity contribution in [2.75, 3.05) is 26.2 Å². The number of pyridine rings is 1. The second-order valence-corrected chi connectivity index (χ2v) is 5.82. The first-order valence-corrected chi connectivity index (χ1v) is 7.67. The maximum Gasteiger partial charge on any atom is 0.0617 e. The van der Waals surface area contributed by atoms with Gasteiger partial charge < -0.3 is 5.32 Å². The summed E-state index contributed by atoms with van der Waals surface area (Å²) in [5, 5.41) is 3.44. The van der Waals surface area contributed by atoms with Gasteiger partial charge in [0.2, 0.25) is 0 Å². The number of aryl methyl sites for hydroxylation is 2. The third-order valence-corrected chi connectivity index (χ3v) is 4.36. The van der Waals surface area contributed by atoms with Gasteiger partial charge >= 0.3 is 0 Å². The predicted octanol–water partition coefficient (Wildman–Crippen LogP) is 2.69. The molecule has 0 bridgehead atoms. The molecule has 0 saturated carbocycles. The summed E-state index contributed by atoms with van der Waals surface area (Å²) >= 11 is 0. The average molecular weight is 281 g/mol. The van der Waals surface area contributed by atoms with E-state index in [1.807, 2.05) is 18.5 Å². The number of hydrogen-bond donors (Lipinski definition) is 1. The monoisotopic (exact) mass is 281 g/mol. The van der Waals surface area contributed by atoms with E-state index in [0.717, 1.165) is 26.2 Å². The van der Waals surface area contributed by atoms with E-state index in [1.54, 1.807) is 0 Å². The Balaban J connectivity index is 2.00. The first-order chi connectivity index (χ1) is 10.3. The highest BCUT2D eigenvalue weighted by atomic mass is 15.2. The number of piperazine rings is 1. The summed E-state index contributed by atoms with van der Waals surface area (Å²) in [6.45, 7) is 8.63. The van der Waals surface area contributed by atoms with Gasteiger partial charge in [0.05, 0.1) is 6.04 Å². The largest absolute Gasteiger partial charge is 0.314 e. The quantitative estimate of drug-likeness (QED) is 0.937. The molecule has 1 unspecified atom stereocenters. The van der Waals surface area contributed by atoms with E-state index in [1.165, 1.54) is 22.3 Å². The van der Waals surface area contributed by atoms with E-state index in [-0.39, 0.29) is 0 Å². The summed E-state index contributed by atoms with van der Waals surface area (Å²) in [7, 11) is 0. The Morgan fingerprint density at radius 2 is 1.86 bits per heavy atom. The van der Waals surface area contributed by atoms with Crippen LogP contribution in [0.2, 0.25) is 0 Å². The van der Waals surface area contributed by atoms with Gasteiger partial charge in [-0.15, -0.1) is 0 Å². The third-order valence-electron chi connectivity index (χ3n) is 4.36. The molecule has 2 aromatic rings. The summed E-state index contributed by atoms with van der Waals surface area (Å²) in [4.78, 5) is 6.88. The molecule has 1 aliphatic heterocycles. The van der Waals surface area contributed by atoms with Gasteiger partial charge in [0, 0.05) is 38.6 Å². The standard InChI is InChI=1S/C18H23N3/c1-14-5-6-16(12-15(14)2)18(17-4-3-7-20-13-17)21-10-8-19-9-11-21/h3-7,12-13,18-19H,8-11H2,1-2H3. The maximum atomic E-state index is 4.32.